The number of rotatable bonds is 7. The van der Waals surface area contributed by atoms with Crippen molar-refractivity contribution in [2.75, 3.05) is 32.8 Å². The molecule has 0 bridgehead atoms. The predicted molar refractivity (Wildman–Crippen MR) is 85.0 cm³/mol. The van der Waals surface area contributed by atoms with Gasteiger partial charge in [0.1, 0.15) is 0 Å². The summed E-state index contributed by atoms with van der Waals surface area (Å²) in [5.74, 6) is 0. The Morgan fingerprint density at radius 1 is 1.15 bits per heavy atom. The number of nitrogens with zero attached hydrogens (tertiary/aromatic N) is 1. The van der Waals surface area contributed by atoms with Crippen molar-refractivity contribution >= 4 is 0 Å². The van der Waals surface area contributed by atoms with Gasteiger partial charge in [-0.05, 0) is 51.7 Å². The number of likely N-dealkylation sites (tertiary alicyclic amines) is 1. The molecule has 0 radical (unpaired) electrons. The van der Waals surface area contributed by atoms with E-state index in [-0.39, 0.29) is 5.41 Å². The van der Waals surface area contributed by atoms with Crippen molar-refractivity contribution in [1.29, 1.82) is 0 Å². The molecular formula is C17H34N2O. The lowest BCUT2D eigenvalue weighted by atomic mass is 9.74. The lowest BCUT2D eigenvalue weighted by Gasteiger charge is -2.39. The Balaban J connectivity index is 1.67. The molecule has 0 amide bonds. The average Bonchev–Trinajstić information content (AvgIpc) is 2.53. The fourth-order valence-electron chi connectivity index (χ4n) is 3.80. The van der Waals surface area contributed by atoms with Crippen LogP contribution in [0.4, 0.5) is 0 Å². The van der Waals surface area contributed by atoms with E-state index in [4.69, 9.17) is 0 Å². The topological polar surface area (TPSA) is 35.5 Å². The number of nitrogens with one attached hydrogen (secondary N) is 1. The Kier molecular flexibility index (Phi) is 6.79. The smallest absolute Gasteiger partial charge is 0.0499 e. The van der Waals surface area contributed by atoms with Gasteiger partial charge in [-0.15, -0.1) is 0 Å². The monoisotopic (exact) mass is 282 g/mol. The zero-order chi connectivity index (χ0) is 14.3. The minimum absolute atomic E-state index is 0.192. The summed E-state index contributed by atoms with van der Waals surface area (Å²) in [7, 11) is 0. The third kappa shape index (κ3) is 4.71. The summed E-state index contributed by atoms with van der Waals surface area (Å²) >= 11 is 0. The highest BCUT2D eigenvalue weighted by atomic mass is 16.3. The molecule has 0 unspecified atom stereocenters. The van der Waals surface area contributed by atoms with Crippen LogP contribution < -0.4 is 5.32 Å². The first-order chi connectivity index (χ1) is 9.78. The minimum Gasteiger partial charge on any atom is -0.396 e. The standard InChI is InChI=1S/C17H34N2O/c1-2-3-11-19-12-7-16(8-13-19)18-14-17(15-20)9-5-4-6-10-17/h16,18,20H,2-15H2,1H3. The number of piperidine rings is 1. The zero-order valence-corrected chi connectivity index (χ0v) is 13.4. The molecule has 2 aliphatic rings. The maximum absolute atomic E-state index is 9.76. The van der Waals surface area contributed by atoms with Crippen molar-refractivity contribution in [3.05, 3.63) is 0 Å². The van der Waals surface area contributed by atoms with E-state index in [9.17, 15) is 5.11 Å². The van der Waals surface area contributed by atoms with Crippen molar-refractivity contribution in [2.45, 2.75) is 70.8 Å². The number of hydrogen-bond acceptors (Lipinski definition) is 3. The van der Waals surface area contributed by atoms with Gasteiger partial charge < -0.3 is 15.3 Å². The zero-order valence-electron chi connectivity index (χ0n) is 13.4. The fraction of sp³-hybridized carbons (Fsp3) is 1.00. The van der Waals surface area contributed by atoms with Crippen LogP contribution in [-0.2, 0) is 0 Å². The van der Waals surface area contributed by atoms with E-state index < -0.39 is 0 Å². The molecule has 3 heteroatoms. The first-order valence-electron chi connectivity index (χ1n) is 8.84. The predicted octanol–water partition coefficient (Wildman–Crippen LogP) is 2.78. The van der Waals surface area contributed by atoms with Crippen LogP contribution in [0.5, 0.6) is 0 Å². The summed E-state index contributed by atoms with van der Waals surface area (Å²) < 4.78 is 0. The Hall–Kier alpha value is -0.120. The molecular weight excluding hydrogens is 248 g/mol. The molecule has 2 fully saturated rings. The van der Waals surface area contributed by atoms with Gasteiger partial charge in [-0.3, -0.25) is 0 Å². The van der Waals surface area contributed by atoms with Gasteiger partial charge >= 0.3 is 0 Å². The van der Waals surface area contributed by atoms with E-state index in [1.807, 2.05) is 0 Å². The molecule has 1 aliphatic carbocycles. The second kappa shape index (κ2) is 8.35. The minimum atomic E-state index is 0.192. The molecule has 0 aromatic rings. The molecule has 0 aromatic carbocycles. The Labute approximate surface area is 125 Å². The van der Waals surface area contributed by atoms with Gasteiger partial charge in [-0.25, -0.2) is 0 Å². The van der Waals surface area contributed by atoms with Crippen LogP contribution in [0.2, 0.25) is 0 Å². The molecule has 2 rings (SSSR count). The molecule has 1 heterocycles. The van der Waals surface area contributed by atoms with E-state index in [1.165, 1.54) is 77.4 Å². The molecule has 0 atom stereocenters. The second-order valence-electron chi connectivity index (χ2n) is 7.07. The SMILES string of the molecule is CCCCN1CCC(NCC2(CO)CCCCC2)CC1. The van der Waals surface area contributed by atoms with Gasteiger partial charge in [-0.1, -0.05) is 32.6 Å². The van der Waals surface area contributed by atoms with E-state index in [1.54, 1.807) is 0 Å². The third-order valence-corrected chi connectivity index (χ3v) is 5.43. The van der Waals surface area contributed by atoms with Crippen LogP contribution in [0.1, 0.15) is 64.7 Å². The highest BCUT2D eigenvalue weighted by molar-refractivity contribution is 4.87. The first-order valence-corrected chi connectivity index (χ1v) is 8.84. The molecule has 1 saturated carbocycles. The Morgan fingerprint density at radius 3 is 2.45 bits per heavy atom. The van der Waals surface area contributed by atoms with Crippen LogP contribution in [0, 0.1) is 5.41 Å². The van der Waals surface area contributed by atoms with E-state index in [0.29, 0.717) is 12.6 Å². The number of aliphatic hydroxyl groups is 1. The molecule has 118 valence electrons. The summed E-state index contributed by atoms with van der Waals surface area (Å²) in [5.41, 5.74) is 0.192. The van der Waals surface area contributed by atoms with Crippen molar-refractivity contribution in [3.8, 4) is 0 Å². The quantitative estimate of drug-likeness (QED) is 0.754. The lowest BCUT2D eigenvalue weighted by molar-refractivity contribution is 0.0739. The summed E-state index contributed by atoms with van der Waals surface area (Å²) in [5, 5.41) is 13.5. The van der Waals surface area contributed by atoms with Crippen LogP contribution in [0.3, 0.4) is 0 Å². The lowest BCUT2D eigenvalue weighted by Crippen LogP contribution is -2.47. The van der Waals surface area contributed by atoms with Gasteiger partial charge in [-0.2, -0.15) is 0 Å². The van der Waals surface area contributed by atoms with Gasteiger partial charge in [0, 0.05) is 24.6 Å². The second-order valence-corrected chi connectivity index (χ2v) is 7.07. The molecule has 0 spiro atoms. The Morgan fingerprint density at radius 2 is 1.85 bits per heavy atom. The van der Waals surface area contributed by atoms with Crippen molar-refractivity contribution in [1.82, 2.24) is 10.2 Å². The molecule has 3 nitrogen and oxygen atoms in total. The maximum Gasteiger partial charge on any atom is 0.0499 e. The highest BCUT2D eigenvalue weighted by Gasteiger charge is 2.32. The summed E-state index contributed by atoms with van der Waals surface area (Å²) in [6.45, 7) is 7.46. The van der Waals surface area contributed by atoms with Gasteiger partial charge in [0.2, 0.25) is 0 Å². The summed E-state index contributed by atoms with van der Waals surface area (Å²) in [6, 6.07) is 0.679. The average molecular weight is 282 g/mol. The number of hydrogen-bond donors (Lipinski definition) is 2. The van der Waals surface area contributed by atoms with Crippen molar-refractivity contribution in [2.24, 2.45) is 5.41 Å². The largest absolute Gasteiger partial charge is 0.396 e. The summed E-state index contributed by atoms with van der Waals surface area (Å²) in [6.07, 6.45) is 11.6. The molecule has 2 N–H and O–H groups in total. The van der Waals surface area contributed by atoms with E-state index in [0.717, 1.165) is 6.54 Å². The Bertz CT molecular complexity index is 256. The van der Waals surface area contributed by atoms with Crippen LogP contribution in [0.25, 0.3) is 0 Å². The van der Waals surface area contributed by atoms with Crippen LogP contribution in [-0.4, -0.2) is 48.8 Å². The van der Waals surface area contributed by atoms with Crippen molar-refractivity contribution in [3.63, 3.8) is 0 Å². The fourth-order valence-corrected chi connectivity index (χ4v) is 3.80. The molecule has 20 heavy (non-hydrogen) atoms. The third-order valence-electron chi connectivity index (χ3n) is 5.43. The normalized spacial score (nSPS) is 24.9. The van der Waals surface area contributed by atoms with Gasteiger partial charge in [0.15, 0.2) is 0 Å². The van der Waals surface area contributed by atoms with E-state index >= 15 is 0 Å². The van der Waals surface area contributed by atoms with Crippen LogP contribution in [0.15, 0.2) is 0 Å². The number of unbranched alkanes of at least 4 members (excludes halogenated alkanes) is 1. The molecule has 1 saturated heterocycles. The highest BCUT2D eigenvalue weighted by Crippen LogP contribution is 2.35. The van der Waals surface area contributed by atoms with Crippen molar-refractivity contribution < 1.29 is 5.11 Å². The van der Waals surface area contributed by atoms with Gasteiger partial charge in [0.25, 0.3) is 0 Å². The molecule has 1 aliphatic heterocycles. The number of aliphatic hydroxyl groups excluding tert-OH is 1. The molecule has 0 aromatic heterocycles. The van der Waals surface area contributed by atoms with Gasteiger partial charge in [0.05, 0.1) is 0 Å². The maximum atomic E-state index is 9.76. The summed E-state index contributed by atoms with van der Waals surface area (Å²) in [4.78, 5) is 2.62. The van der Waals surface area contributed by atoms with Crippen LogP contribution >= 0.6 is 0 Å². The van der Waals surface area contributed by atoms with E-state index in [2.05, 4.69) is 17.1 Å². The first kappa shape index (κ1) is 16.3.